The maximum absolute atomic E-state index is 11.1. The predicted octanol–water partition coefficient (Wildman–Crippen LogP) is 2.22. The van der Waals surface area contributed by atoms with Gasteiger partial charge in [0.25, 0.3) is 0 Å². The molecule has 0 fully saturated rings. The lowest BCUT2D eigenvalue weighted by atomic mass is 10.1. The number of carboxylic acid groups (broad SMARTS) is 1. The van der Waals surface area contributed by atoms with Gasteiger partial charge in [-0.15, -0.1) is 0 Å². The predicted molar refractivity (Wildman–Crippen MR) is 77.3 cm³/mol. The molecular formula is C15H23NO4. The molecule has 0 spiro atoms. The average molecular weight is 281 g/mol. The van der Waals surface area contributed by atoms with Crippen molar-refractivity contribution in [3.63, 3.8) is 0 Å². The molecule has 1 aromatic rings. The van der Waals surface area contributed by atoms with Crippen molar-refractivity contribution < 1.29 is 19.4 Å². The minimum absolute atomic E-state index is 0.0540. The monoisotopic (exact) mass is 281 g/mol. The minimum Gasteiger partial charge on any atom is -0.493 e. The first-order valence-corrected chi connectivity index (χ1v) is 6.79. The van der Waals surface area contributed by atoms with E-state index in [-0.39, 0.29) is 6.04 Å². The molecule has 0 amide bonds. The molecule has 112 valence electrons. The summed E-state index contributed by atoms with van der Waals surface area (Å²) >= 11 is 0. The molecule has 1 aromatic carbocycles. The van der Waals surface area contributed by atoms with Gasteiger partial charge in [-0.2, -0.15) is 0 Å². The van der Waals surface area contributed by atoms with E-state index in [0.717, 1.165) is 18.4 Å². The molecule has 2 unspecified atom stereocenters. The summed E-state index contributed by atoms with van der Waals surface area (Å²) in [6.45, 7) is 3.85. The van der Waals surface area contributed by atoms with Crippen LogP contribution in [0, 0.1) is 0 Å². The van der Waals surface area contributed by atoms with E-state index in [9.17, 15) is 4.79 Å². The van der Waals surface area contributed by atoms with Crippen molar-refractivity contribution in [2.24, 2.45) is 5.73 Å². The Labute approximate surface area is 119 Å². The lowest BCUT2D eigenvalue weighted by molar-refractivity contribution is -0.145. The van der Waals surface area contributed by atoms with Gasteiger partial charge in [-0.05, 0) is 37.5 Å². The number of aliphatic carboxylic acids is 1. The molecule has 0 heterocycles. The zero-order valence-electron chi connectivity index (χ0n) is 12.3. The zero-order chi connectivity index (χ0) is 15.1. The second-order valence-corrected chi connectivity index (χ2v) is 4.90. The molecule has 20 heavy (non-hydrogen) atoms. The maximum atomic E-state index is 11.1. The number of rotatable bonds is 8. The average Bonchev–Trinajstić information content (AvgIpc) is 2.38. The Kier molecular flexibility index (Phi) is 6.31. The minimum atomic E-state index is -0.964. The van der Waals surface area contributed by atoms with Crippen LogP contribution in [0.4, 0.5) is 0 Å². The number of hydrogen-bond donors (Lipinski definition) is 2. The van der Waals surface area contributed by atoms with E-state index in [1.165, 1.54) is 7.11 Å². The van der Waals surface area contributed by atoms with Crippen molar-refractivity contribution in [2.45, 2.75) is 45.3 Å². The topological polar surface area (TPSA) is 81.8 Å². The molecule has 0 aromatic heterocycles. The smallest absolute Gasteiger partial charge is 0.344 e. The third kappa shape index (κ3) is 4.74. The summed E-state index contributed by atoms with van der Waals surface area (Å²) in [5.41, 5.74) is 6.80. The second-order valence-electron chi connectivity index (χ2n) is 4.90. The van der Waals surface area contributed by atoms with E-state index in [0.29, 0.717) is 17.9 Å². The summed E-state index contributed by atoms with van der Waals surface area (Å²) in [6, 6.07) is 5.51. The molecule has 0 aliphatic rings. The molecule has 2 atom stereocenters. The van der Waals surface area contributed by atoms with Crippen LogP contribution < -0.4 is 15.2 Å². The van der Waals surface area contributed by atoms with E-state index in [1.807, 2.05) is 26.0 Å². The van der Waals surface area contributed by atoms with Crippen molar-refractivity contribution in [3.05, 3.63) is 23.8 Å². The summed E-state index contributed by atoms with van der Waals surface area (Å²) in [5.74, 6) is 0.0147. The van der Waals surface area contributed by atoms with Gasteiger partial charge in [-0.3, -0.25) is 0 Å². The SMILES string of the molecule is CCCC(Oc1ccc(CC(C)N)cc1OC)C(=O)O. The van der Waals surface area contributed by atoms with Gasteiger partial charge in [-0.25, -0.2) is 4.79 Å². The van der Waals surface area contributed by atoms with Crippen LogP contribution in [0.3, 0.4) is 0 Å². The number of carbonyl (C=O) groups is 1. The number of methoxy groups -OCH3 is 1. The number of carboxylic acids is 1. The molecule has 1 rings (SSSR count). The van der Waals surface area contributed by atoms with Gasteiger partial charge < -0.3 is 20.3 Å². The normalized spacial score (nSPS) is 13.6. The first kappa shape index (κ1) is 16.3. The van der Waals surface area contributed by atoms with Crippen molar-refractivity contribution in [1.82, 2.24) is 0 Å². The molecule has 3 N–H and O–H groups in total. The summed E-state index contributed by atoms with van der Waals surface area (Å²) in [5, 5.41) is 9.12. The van der Waals surface area contributed by atoms with Crippen molar-refractivity contribution >= 4 is 5.97 Å². The third-order valence-corrected chi connectivity index (χ3v) is 2.88. The lowest BCUT2D eigenvalue weighted by Crippen LogP contribution is -2.26. The van der Waals surface area contributed by atoms with Crippen LogP contribution in [0.5, 0.6) is 11.5 Å². The van der Waals surface area contributed by atoms with Gasteiger partial charge in [0.05, 0.1) is 7.11 Å². The Morgan fingerprint density at radius 2 is 2.10 bits per heavy atom. The Morgan fingerprint density at radius 1 is 1.40 bits per heavy atom. The Balaban J connectivity index is 2.91. The van der Waals surface area contributed by atoms with Crippen LogP contribution in [0.1, 0.15) is 32.3 Å². The molecule has 0 aliphatic heterocycles. The first-order chi connectivity index (χ1) is 9.47. The van der Waals surface area contributed by atoms with E-state index < -0.39 is 12.1 Å². The highest BCUT2D eigenvalue weighted by atomic mass is 16.5. The number of hydrogen-bond acceptors (Lipinski definition) is 4. The Morgan fingerprint density at radius 3 is 2.60 bits per heavy atom. The first-order valence-electron chi connectivity index (χ1n) is 6.79. The standard InChI is InChI=1S/C15H23NO4/c1-4-5-13(15(17)18)20-12-7-6-11(8-10(2)16)9-14(12)19-3/h6-7,9-10,13H,4-5,8,16H2,1-3H3,(H,17,18). The fourth-order valence-corrected chi connectivity index (χ4v) is 1.96. The van der Waals surface area contributed by atoms with Crippen LogP contribution in [0.15, 0.2) is 18.2 Å². The highest BCUT2D eigenvalue weighted by Gasteiger charge is 2.20. The maximum Gasteiger partial charge on any atom is 0.344 e. The van der Waals surface area contributed by atoms with Crippen LogP contribution >= 0.6 is 0 Å². The van der Waals surface area contributed by atoms with Crippen LogP contribution in [-0.2, 0) is 11.2 Å². The summed E-state index contributed by atoms with van der Waals surface area (Å²) in [6.07, 6.45) is 1.07. The zero-order valence-corrected chi connectivity index (χ0v) is 12.3. The van der Waals surface area contributed by atoms with Gasteiger partial charge in [0.2, 0.25) is 0 Å². The molecular weight excluding hydrogens is 258 g/mol. The van der Waals surface area contributed by atoms with Crippen molar-refractivity contribution in [1.29, 1.82) is 0 Å². The fraction of sp³-hybridized carbons (Fsp3) is 0.533. The van der Waals surface area contributed by atoms with E-state index in [2.05, 4.69) is 0 Å². The summed E-state index contributed by atoms with van der Waals surface area (Å²) < 4.78 is 10.8. The highest BCUT2D eigenvalue weighted by Crippen LogP contribution is 2.30. The quantitative estimate of drug-likeness (QED) is 0.763. The number of benzene rings is 1. The molecule has 0 saturated carbocycles. The molecule has 5 heteroatoms. The van der Waals surface area contributed by atoms with Crippen LogP contribution in [0.2, 0.25) is 0 Å². The summed E-state index contributed by atoms with van der Waals surface area (Å²) in [4.78, 5) is 11.1. The van der Waals surface area contributed by atoms with Crippen molar-refractivity contribution in [3.8, 4) is 11.5 Å². The third-order valence-electron chi connectivity index (χ3n) is 2.88. The van der Waals surface area contributed by atoms with Gasteiger partial charge in [0.1, 0.15) is 0 Å². The summed E-state index contributed by atoms with van der Waals surface area (Å²) in [7, 11) is 1.54. The fourth-order valence-electron chi connectivity index (χ4n) is 1.96. The van der Waals surface area contributed by atoms with E-state index >= 15 is 0 Å². The molecule has 0 bridgehead atoms. The second kappa shape index (κ2) is 7.75. The molecule has 0 radical (unpaired) electrons. The van der Waals surface area contributed by atoms with E-state index in [1.54, 1.807) is 6.07 Å². The van der Waals surface area contributed by atoms with Gasteiger partial charge in [0.15, 0.2) is 17.6 Å². The van der Waals surface area contributed by atoms with Crippen LogP contribution in [-0.4, -0.2) is 30.3 Å². The number of ether oxygens (including phenoxy) is 2. The number of nitrogens with two attached hydrogens (primary N) is 1. The van der Waals surface area contributed by atoms with E-state index in [4.69, 9.17) is 20.3 Å². The molecule has 0 saturated heterocycles. The highest BCUT2D eigenvalue weighted by molar-refractivity contribution is 5.72. The Hall–Kier alpha value is -1.75. The van der Waals surface area contributed by atoms with Gasteiger partial charge in [-0.1, -0.05) is 19.4 Å². The van der Waals surface area contributed by atoms with Crippen LogP contribution in [0.25, 0.3) is 0 Å². The molecule has 5 nitrogen and oxygen atoms in total. The van der Waals surface area contributed by atoms with Crippen molar-refractivity contribution in [2.75, 3.05) is 7.11 Å². The largest absolute Gasteiger partial charge is 0.493 e. The lowest BCUT2D eigenvalue weighted by Gasteiger charge is -2.17. The Bertz CT molecular complexity index is 445. The van der Waals surface area contributed by atoms with Gasteiger partial charge >= 0.3 is 5.97 Å². The molecule has 0 aliphatic carbocycles. The van der Waals surface area contributed by atoms with Gasteiger partial charge in [0, 0.05) is 6.04 Å².